The molecule has 1 aromatic rings. The van der Waals surface area contributed by atoms with Crippen LogP contribution >= 0.6 is 15.9 Å². The van der Waals surface area contributed by atoms with Crippen molar-refractivity contribution < 1.29 is 9.13 Å². The Kier molecular flexibility index (Phi) is 4.54. The van der Waals surface area contributed by atoms with Crippen molar-refractivity contribution in [2.24, 2.45) is 0 Å². The lowest BCUT2D eigenvalue weighted by Crippen LogP contribution is -2.47. The molecule has 2 nitrogen and oxygen atoms in total. The molecular weight excluding hydrogens is 285 g/mol. The Labute approximate surface area is 110 Å². The summed E-state index contributed by atoms with van der Waals surface area (Å²) in [4.78, 5) is 0. The quantitative estimate of drug-likeness (QED) is 0.927. The van der Waals surface area contributed by atoms with Crippen LogP contribution in [0, 0.1) is 5.82 Å². The first-order chi connectivity index (χ1) is 8.15. The number of benzene rings is 1. The van der Waals surface area contributed by atoms with Gasteiger partial charge in [0.25, 0.3) is 0 Å². The fourth-order valence-electron chi connectivity index (χ4n) is 2.11. The van der Waals surface area contributed by atoms with Crippen LogP contribution in [0.4, 0.5) is 4.39 Å². The Hall–Kier alpha value is -0.450. The predicted octanol–water partition coefficient (Wildman–Crippen LogP) is 2.90. The Morgan fingerprint density at radius 1 is 1.47 bits per heavy atom. The highest BCUT2D eigenvalue weighted by Crippen LogP contribution is 2.20. The van der Waals surface area contributed by atoms with Crippen molar-refractivity contribution in [1.82, 2.24) is 5.32 Å². The molecule has 17 heavy (non-hydrogen) atoms. The first kappa shape index (κ1) is 13.0. The molecule has 94 valence electrons. The van der Waals surface area contributed by atoms with Gasteiger partial charge < -0.3 is 10.1 Å². The lowest BCUT2D eigenvalue weighted by atomic mass is 10.0. The number of aryl methyl sites for hydroxylation is 1. The summed E-state index contributed by atoms with van der Waals surface area (Å²) >= 11 is 3.39. The van der Waals surface area contributed by atoms with Gasteiger partial charge in [-0.3, -0.25) is 0 Å². The molecule has 1 aromatic carbocycles. The van der Waals surface area contributed by atoms with E-state index < -0.39 is 0 Å². The summed E-state index contributed by atoms with van der Waals surface area (Å²) in [6.07, 6.45) is 1.93. The third kappa shape index (κ3) is 3.76. The van der Waals surface area contributed by atoms with E-state index in [0.29, 0.717) is 12.1 Å². The van der Waals surface area contributed by atoms with E-state index in [1.807, 2.05) is 6.07 Å². The third-order valence-corrected chi connectivity index (χ3v) is 3.72. The van der Waals surface area contributed by atoms with Crippen molar-refractivity contribution in [1.29, 1.82) is 0 Å². The Balaban J connectivity index is 1.88. The van der Waals surface area contributed by atoms with Gasteiger partial charge in [0.05, 0.1) is 13.2 Å². The minimum Gasteiger partial charge on any atom is -0.378 e. The Morgan fingerprint density at radius 2 is 2.29 bits per heavy atom. The molecule has 1 N–H and O–H groups in total. The molecule has 1 fully saturated rings. The molecule has 1 saturated heterocycles. The maximum Gasteiger partial charge on any atom is 0.124 e. The first-order valence-corrected chi connectivity index (χ1v) is 6.72. The number of hydrogen-bond acceptors (Lipinski definition) is 2. The fraction of sp³-hybridized carbons (Fsp3) is 0.538. The molecule has 2 atom stereocenters. The van der Waals surface area contributed by atoms with Crippen molar-refractivity contribution >= 4 is 15.9 Å². The van der Waals surface area contributed by atoms with Gasteiger partial charge in [-0.2, -0.15) is 0 Å². The molecule has 1 aliphatic heterocycles. The van der Waals surface area contributed by atoms with E-state index in [4.69, 9.17) is 4.74 Å². The van der Waals surface area contributed by atoms with Gasteiger partial charge in [0.15, 0.2) is 0 Å². The van der Waals surface area contributed by atoms with Crippen molar-refractivity contribution in [2.75, 3.05) is 13.2 Å². The SMILES string of the molecule is CC1COCC(CCc2ccc(F)cc2Br)N1. The van der Waals surface area contributed by atoms with Crippen LogP contribution in [0.5, 0.6) is 0 Å². The van der Waals surface area contributed by atoms with Crippen LogP contribution < -0.4 is 5.32 Å². The fourth-order valence-corrected chi connectivity index (χ4v) is 2.66. The second-order valence-electron chi connectivity index (χ2n) is 4.58. The van der Waals surface area contributed by atoms with Gasteiger partial charge in [-0.05, 0) is 37.5 Å². The summed E-state index contributed by atoms with van der Waals surface area (Å²) in [6, 6.07) is 5.68. The number of hydrogen-bond donors (Lipinski definition) is 1. The van der Waals surface area contributed by atoms with Gasteiger partial charge in [-0.25, -0.2) is 4.39 Å². The lowest BCUT2D eigenvalue weighted by molar-refractivity contribution is 0.0483. The van der Waals surface area contributed by atoms with E-state index in [1.165, 1.54) is 12.1 Å². The number of halogens is 2. The summed E-state index contributed by atoms with van der Waals surface area (Å²) in [5, 5.41) is 3.50. The van der Waals surface area contributed by atoms with Crippen molar-refractivity contribution in [3.05, 3.63) is 34.1 Å². The molecule has 0 saturated carbocycles. The molecule has 0 radical (unpaired) electrons. The van der Waals surface area contributed by atoms with E-state index in [0.717, 1.165) is 36.1 Å². The standard InChI is InChI=1S/C13H17BrFNO/c1-9-7-17-8-12(16-9)5-3-10-2-4-11(15)6-13(10)14/h2,4,6,9,12,16H,3,5,7-8H2,1H3. The predicted molar refractivity (Wildman–Crippen MR) is 69.6 cm³/mol. The van der Waals surface area contributed by atoms with Gasteiger partial charge in [-0.1, -0.05) is 22.0 Å². The van der Waals surface area contributed by atoms with Crippen LogP contribution in [-0.2, 0) is 11.2 Å². The molecule has 4 heteroatoms. The molecule has 1 heterocycles. The van der Waals surface area contributed by atoms with Crippen LogP contribution in [0.1, 0.15) is 18.9 Å². The minimum atomic E-state index is -0.201. The van der Waals surface area contributed by atoms with E-state index >= 15 is 0 Å². The van der Waals surface area contributed by atoms with Gasteiger partial charge in [0.1, 0.15) is 5.82 Å². The van der Waals surface area contributed by atoms with E-state index in [1.54, 1.807) is 0 Å². The molecule has 2 rings (SSSR count). The van der Waals surface area contributed by atoms with Gasteiger partial charge in [0, 0.05) is 16.6 Å². The van der Waals surface area contributed by atoms with Crippen molar-refractivity contribution in [3.8, 4) is 0 Å². The number of morpholine rings is 1. The molecule has 0 amide bonds. The van der Waals surface area contributed by atoms with Crippen LogP contribution in [0.3, 0.4) is 0 Å². The van der Waals surface area contributed by atoms with Gasteiger partial charge in [0.2, 0.25) is 0 Å². The number of ether oxygens (including phenoxy) is 1. The van der Waals surface area contributed by atoms with Crippen LogP contribution in [0.15, 0.2) is 22.7 Å². The zero-order valence-corrected chi connectivity index (χ0v) is 11.5. The molecule has 2 unspecified atom stereocenters. The van der Waals surface area contributed by atoms with Gasteiger partial charge in [-0.15, -0.1) is 0 Å². The van der Waals surface area contributed by atoms with Gasteiger partial charge >= 0.3 is 0 Å². The molecular formula is C13H17BrFNO. The lowest BCUT2D eigenvalue weighted by Gasteiger charge is -2.29. The topological polar surface area (TPSA) is 21.3 Å². The summed E-state index contributed by atoms with van der Waals surface area (Å²) in [7, 11) is 0. The number of rotatable bonds is 3. The monoisotopic (exact) mass is 301 g/mol. The van der Waals surface area contributed by atoms with E-state index in [2.05, 4.69) is 28.2 Å². The molecule has 1 aliphatic rings. The minimum absolute atomic E-state index is 0.201. The maximum absolute atomic E-state index is 12.9. The second kappa shape index (κ2) is 5.94. The molecule has 0 spiro atoms. The Bertz CT molecular complexity index is 386. The third-order valence-electron chi connectivity index (χ3n) is 2.98. The average molecular weight is 302 g/mol. The summed E-state index contributed by atoms with van der Waals surface area (Å²) < 4.78 is 19.3. The van der Waals surface area contributed by atoms with Crippen molar-refractivity contribution in [3.63, 3.8) is 0 Å². The van der Waals surface area contributed by atoms with Crippen LogP contribution in [0.2, 0.25) is 0 Å². The first-order valence-electron chi connectivity index (χ1n) is 5.93. The molecule has 0 bridgehead atoms. The zero-order chi connectivity index (χ0) is 12.3. The zero-order valence-electron chi connectivity index (χ0n) is 9.88. The summed E-state index contributed by atoms with van der Waals surface area (Å²) in [6.45, 7) is 3.68. The molecule has 0 aliphatic carbocycles. The average Bonchev–Trinajstić information content (AvgIpc) is 2.28. The summed E-state index contributed by atoms with van der Waals surface area (Å²) in [5.41, 5.74) is 1.14. The highest BCUT2D eigenvalue weighted by molar-refractivity contribution is 9.10. The Morgan fingerprint density at radius 3 is 3.00 bits per heavy atom. The van der Waals surface area contributed by atoms with E-state index in [9.17, 15) is 4.39 Å². The van der Waals surface area contributed by atoms with Crippen LogP contribution in [0.25, 0.3) is 0 Å². The largest absolute Gasteiger partial charge is 0.378 e. The molecule has 0 aromatic heterocycles. The number of nitrogens with one attached hydrogen (secondary N) is 1. The smallest absolute Gasteiger partial charge is 0.124 e. The van der Waals surface area contributed by atoms with Crippen LogP contribution in [-0.4, -0.2) is 25.3 Å². The highest BCUT2D eigenvalue weighted by Gasteiger charge is 2.18. The second-order valence-corrected chi connectivity index (χ2v) is 5.43. The summed E-state index contributed by atoms with van der Waals surface area (Å²) in [5.74, 6) is -0.201. The maximum atomic E-state index is 12.9. The van der Waals surface area contributed by atoms with E-state index in [-0.39, 0.29) is 5.82 Å². The normalized spacial score (nSPS) is 24.9. The van der Waals surface area contributed by atoms with Crippen molar-refractivity contribution in [2.45, 2.75) is 31.8 Å². The highest BCUT2D eigenvalue weighted by atomic mass is 79.9.